The summed E-state index contributed by atoms with van der Waals surface area (Å²) in [4.78, 5) is 12.6. The van der Waals surface area contributed by atoms with Crippen molar-refractivity contribution in [3.05, 3.63) is 29.3 Å². The topological polar surface area (TPSA) is 76.4 Å². The largest absolute Gasteiger partial charge is 0.480 e. The first-order valence-electron chi connectivity index (χ1n) is 6.16. The minimum absolute atomic E-state index is 0.148. The Morgan fingerprint density at radius 1 is 1.48 bits per heavy atom. The van der Waals surface area contributed by atoms with Gasteiger partial charge in [0.15, 0.2) is 0 Å². The minimum Gasteiger partial charge on any atom is -0.480 e. The van der Waals surface area contributed by atoms with Crippen LogP contribution in [0.15, 0.2) is 18.2 Å². The smallest absolute Gasteiger partial charge is 0.417 e. The fourth-order valence-electron chi connectivity index (χ4n) is 2.28. The van der Waals surface area contributed by atoms with Crippen LogP contribution in [0.25, 0.3) is 0 Å². The standard InChI is InChI=1S/C13H12F3N3O2/c14-13(15,16)10-5-9(2-1-8(10)6-17)19-4-3-18-7-11(19)12(20)21/h1-2,5,11,18H,3-4,7H2,(H,20,21). The summed E-state index contributed by atoms with van der Waals surface area (Å²) in [6.07, 6.45) is -4.66. The first kappa shape index (κ1) is 15.1. The van der Waals surface area contributed by atoms with E-state index in [-0.39, 0.29) is 18.8 Å². The van der Waals surface area contributed by atoms with Crippen molar-refractivity contribution in [1.29, 1.82) is 5.26 Å². The first-order valence-corrected chi connectivity index (χ1v) is 6.16. The third kappa shape index (κ3) is 3.08. The molecular weight excluding hydrogens is 287 g/mol. The van der Waals surface area contributed by atoms with Gasteiger partial charge in [-0.3, -0.25) is 0 Å². The third-order valence-corrected chi connectivity index (χ3v) is 3.29. The number of carboxylic acid groups (broad SMARTS) is 1. The second-order valence-corrected chi connectivity index (χ2v) is 4.59. The van der Waals surface area contributed by atoms with Crippen LogP contribution < -0.4 is 10.2 Å². The quantitative estimate of drug-likeness (QED) is 0.864. The molecule has 21 heavy (non-hydrogen) atoms. The molecule has 5 nitrogen and oxygen atoms in total. The lowest BCUT2D eigenvalue weighted by Gasteiger charge is -2.35. The number of aliphatic carboxylic acids is 1. The zero-order chi connectivity index (χ0) is 15.6. The molecule has 0 radical (unpaired) electrons. The lowest BCUT2D eigenvalue weighted by molar-refractivity contribution is -0.138. The molecule has 0 bridgehead atoms. The van der Waals surface area contributed by atoms with Gasteiger partial charge in [-0.05, 0) is 18.2 Å². The molecule has 1 aliphatic heterocycles. The minimum atomic E-state index is -4.66. The molecular formula is C13H12F3N3O2. The second kappa shape index (κ2) is 5.61. The Kier molecular flexibility index (Phi) is 4.04. The van der Waals surface area contributed by atoms with Crippen molar-refractivity contribution in [3.8, 4) is 6.07 Å². The van der Waals surface area contributed by atoms with Crippen molar-refractivity contribution >= 4 is 11.7 Å². The molecule has 1 aromatic carbocycles. The number of carbonyl (C=O) groups is 1. The van der Waals surface area contributed by atoms with Gasteiger partial charge in [0, 0.05) is 25.3 Å². The number of nitriles is 1. The van der Waals surface area contributed by atoms with Crippen LogP contribution in [-0.4, -0.2) is 36.8 Å². The zero-order valence-electron chi connectivity index (χ0n) is 10.8. The highest BCUT2D eigenvalue weighted by Crippen LogP contribution is 2.34. The van der Waals surface area contributed by atoms with Crippen LogP contribution in [0.1, 0.15) is 11.1 Å². The molecule has 2 N–H and O–H groups in total. The summed E-state index contributed by atoms with van der Waals surface area (Å²) in [6, 6.07) is 3.81. The molecule has 0 aliphatic carbocycles. The van der Waals surface area contributed by atoms with E-state index in [9.17, 15) is 18.0 Å². The maximum Gasteiger partial charge on any atom is 0.417 e. The van der Waals surface area contributed by atoms with E-state index in [0.29, 0.717) is 6.54 Å². The van der Waals surface area contributed by atoms with E-state index >= 15 is 0 Å². The maximum absolute atomic E-state index is 12.9. The number of hydrogen-bond acceptors (Lipinski definition) is 4. The average Bonchev–Trinajstić information content (AvgIpc) is 2.45. The molecule has 1 saturated heterocycles. The van der Waals surface area contributed by atoms with Gasteiger partial charge in [0.2, 0.25) is 0 Å². The zero-order valence-corrected chi connectivity index (χ0v) is 10.8. The molecule has 1 unspecified atom stereocenters. The van der Waals surface area contributed by atoms with Crippen molar-refractivity contribution in [2.45, 2.75) is 12.2 Å². The number of alkyl halides is 3. The van der Waals surface area contributed by atoms with Crippen molar-refractivity contribution in [2.75, 3.05) is 24.5 Å². The van der Waals surface area contributed by atoms with Gasteiger partial charge in [-0.15, -0.1) is 0 Å². The molecule has 1 aromatic rings. The average molecular weight is 299 g/mol. The Morgan fingerprint density at radius 3 is 2.76 bits per heavy atom. The summed E-state index contributed by atoms with van der Waals surface area (Å²) in [5.41, 5.74) is -1.38. The van der Waals surface area contributed by atoms with Crippen molar-refractivity contribution in [3.63, 3.8) is 0 Å². The highest BCUT2D eigenvalue weighted by molar-refractivity contribution is 5.79. The van der Waals surface area contributed by atoms with Crippen LogP contribution in [0.3, 0.4) is 0 Å². The Bertz CT molecular complexity index is 595. The second-order valence-electron chi connectivity index (χ2n) is 4.59. The van der Waals surface area contributed by atoms with E-state index < -0.39 is 29.3 Å². The lowest BCUT2D eigenvalue weighted by Crippen LogP contribution is -2.55. The molecule has 0 amide bonds. The van der Waals surface area contributed by atoms with Crippen LogP contribution in [0.2, 0.25) is 0 Å². The summed E-state index contributed by atoms with van der Waals surface area (Å²) in [6.45, 7) is 0.905. The Balaban J connectivity index is 2.44. The monoisotopic (exact) mass is 299 g/mol. The molecule has 0 aromatic heterocycles. The van der Waals surface area contributed by atoms with Crippen LogP contribution in [-0.2, 0) is 11.0 Å². The molecule has 1 fully saturated rings. The predicted octanol–water partition coefficient (Wildman–Crippen LogP) is 1.44. The van der Waals surface area contributed by atoms with E-state index in [0.717, 1.165) is 12.1 Å². The number of halogens is 3. The molecule has 1 heterocycles. The van der Waals surface area contributed by atoms with Gasteiger partial charge in [-0.1, -0.05) is 0 Å². The van der Waals surface area contributed by atoms with Gasteiger partial charge in [0.05, 0.1) is 17.2 Å². The Hall–Kier alpha value is -2.27. The van der Waals surface area contributed by atoms with Crippen molar-refractivity contribution in [2.24, 2.45) is 0 Å². The van der Waals surface area contributed by atoms with Gasteiger partial charge in [-0.25, -0.2) is 4.79 Å². The summed E-state index contributed by atoms with van der Waals surface area (Å²) in [5, 5.41) is 20.8. The van der Waals surface area contributed by atoms with Crippen molar-refractivity contribution < 1.29 is 23.1 Å². The predicted molar refractivity (Wildman–Crippen MR) is 67.8 cm³/mol. The highest BCUT2D eigenvalue weighted by atomic mass is 19.4. The van der Waals surface area contributed by atoms with E-state index in [1.807, 2.05) is 0 Å². The number of benzene rings is 1. The Labute approximate surface area is 118 Å². The van der Waals surface area contributed by atoms with Crippen LogP contribution in [0.4, 0.5) is 18.9 Å². The number of piperazine rings is 1. The van der Waals surface area contributed by atoms with Gasteiger partial charge in [0.1, 0.15) is 6.04 Å². The molecule has 0 spiro atoms. The number of nitrogens with zero attached hydrogens (tertiary/aromatic N) is 2. The number of rotatable bonds is 2. The van der Waals surface area contributed by atoms with Crippen LogP contribution in [0.5, 0.6) is 0 Å². The molecule has 8 heteroatoms. The highest BCUT2D eigenvalue weighted by Gasteiger charge is 2.35. The van der Waals surface area contributed by atoms with E-state index in [1.54, 1.807) is 0 Å². The normalized spacial score (nSPS) is 19.1. The van der Waals surface area contributed by atoms with Gasteiger partial charge in [0.25, 0.3) is 0 Å². The van der Waals surface area contributed by atoms with Gasteiger partial charge >= 0.3 is 12.1 Å². The van der Waals surface area contributed by atoms with Crippen LogP contribution >= 0.6 is 0 Å². The Morgan fingerprint density at radius 2 is 2.19 bits per heavy atom. The van der Waals surface area contributed by atoms with Gasteiger partial charge in [-0.2, -0.15) is 18.4 Å². The van der Waals surface area contributed by atoms with E-state index in [4.69, 9.17) is 10.4 Å². The third-order valence-electron chi connectivity index (χ3n) is 3.29. The van der Waals surface area contributed by atoms with Crippen LogP contribution in [0, 0.1) is 11.3 Å². The summed E-state index contributed by atoms with van der Waals surface area (Å²) in [7, 11) is 0. The number of carboxylic acids is 1. The summed E-state index contributed by atoms with van der Waals surface area (Å²) in [5.74, 6) is -1.11. The SMILES string of the molecule is N#Cc1ccc(N2CCNCC2C(=O)O)cc1C(F)(F)F. The molecule has 0 saturated carbocycles. The number of nitrogens with one attached hydrogen (secondary N) is 1. The van der Waals surface area contributed by atoms with Gasteiger partial charge < -0.3 is 15.3 Å². The van der Waals surface area contributed by atoms with E-state index in [1.165, 1.54) is 17.0 Å². The molecule has 1 atom stereocenters. The fourth-order valence-corrected chi connectivity index (χ4v) is 2.28. The first-order chi connectivity index (χ1) is 9.84. The maximum atomic E-state index is 12.9. The van der Waals surface area contributed by atoms with E-state index in [2.05, 4.69) is 5.32 Å². The lowest BCUT2D eigenvalue weighted by atomic mass is 10.0. The summed E-state index contributed by atoms with van der Waals surface area (Å²) >= 11 is 0. The number of hydrogen-bond donors (Lipinski definition) is 2. The number of anilines is 1. The fraction of sp³-hybridized carbons (Fsp3) is 0.385. The summed E-state index contributed by atoms with van der Waals surface area (Å²) < 4.78 is 38.8. The van der Waals surface area contributed by atoms with Crippen molar-refractivity contribution in [1.82, 2.24) is 5.32 Å². The molecule has 1 aliphatic rings. The molecule has 2 rings (SSSR count). The molecule has 112 valence electrons.